The van der Waals surface area contributed by atoms with E-state index in [-0.39, 0.29) is 5.69 Å². The minimum atomic E-state index is -1.01. The first-order valence-electron chi connectivity index (χ1n) is 3.71. The van der Waals surface area contributed by atoms with Crippen molar-refractivity contribution < 1.29 is 9.90 Å². The van der Waals surface area contributed by atoms with Crippen LogP contribution in [0.1, 0.15) is 16.1 Å². The van der Waals surface area contributed by atoms with Crippen LogP contribution < -0.4 is 0 Å². The summed E-state index contributed by atoms with van der Waals surface area (Å²) in [6, 6.07) is 3.26. The minimum Gasteiger partial charge on any atom is -0.477 e. The third-order valence-electron chi connectivity index (χ3n) is 1.42. The monoisotopic (exact) mass is 195 g/mol. The average Bonchev–Trinajstić information content (AvgIpc) is 2.15. The van der Waals surface area contributed by atoms with Gasteiger partial charge in [0.05, 0.1) is 0 Å². The van der Waals surface area contributed by atoms with Crippen molar-refractivity contribution in [2.45, 2.75) is 0 Å². The topological polar surface area (TPSA) is 50.2 Å². The molecule has 4 heteroatoms. The van der Waals surface area contributed by atoms with E-state index in [4.69, 9.17) is 5.11 Å². The summed E-state index contributed by atoms with van der Waals surface area (Å²) in [5, 5.41) is 8.63. The lowest BCUT2D eigenvalue weighted by molar-refractivity contribution is 0.0690. The number of nitrogens with zero attached hydrogens (tertiary/aromatic N) is 1. The number of carboxylic acid groups (broad SMARTS) is 1. The second-order valence-corrected chi connectivity index (χ2v) is 2.73. The van der Waals surface area contributed by atoms with Crippen LogP contribution in [0.25, 0.3) is 6.08 Å². The predicted molar refractivity (Wildman–Crippen MR) is 54.1 cm³/mol. The largest absolute Gasteiger partial charge is 0.477 e. The molecule has 0 saturated carbocycles. The molecule has 0 atom stereocenters. The number of thiol groups is 1. The number of aromatic carboxylic acids is 1. The summed E-state index contributed by atoms with van der Waals surface area (Å²) in [7, 11) is 0. The van der Waals surface area contributed by atoms with Gasteiger partial charge in [-0.2, -0.15) is 12.6 Å². The van der Waals surface area contributed by atoms with Gasteiger partial charge in [-0.05, 0) is 17.7 Å². The third kappa shape index (κ3) is 2.91. The maximum absolute atomic E-state index is 10.5. The summed E-state index contributed by atoms with van der Waals surface area (Å²) in [6.07, 6.45) is 5.12. The Balaban J connectivity index is 2.92. The summed E-state index contributed by atoms with van der Waals surface area (Å²) in [6.45, 7) is 0. The fourth-order valence-electron chi connectivity index (χ4n) is 0.856. The Morgan fingerprint density at radius 1 is 1.69 bits per heavy atom. The first-order chi connectivity index (χ1) is 6.24. The van der Waals surface area contributed by atoms with Crippen molar-refractivity contribution in [1.82, 2.24) is 4.98 Å². The molecule has 0 aliphatic rings. The van der Waals surface area contributed by atoms with E-state index in [1.54, 1.807) is 12.1 Å². The number of hydrogen-bond acceptors (Lipinski definition) is 3. The Hall–Kier alpha value is -1.29. The van der Waals surface area contributed by atoms with Crippen molar-refractivity contribution in [3.63, 3.8) is 0 Å². The van der Waals surface area contributed by atoms with E-state index in [1.165, 1.54) is 12.3 Å². The number of hydrogen-bond donors (Lipinski definition) is 2. The Kier molecular flexibility index (Phi) is 3.52. The van der Waals surface area contributed by atoms with Gasteiger partial charge in [0.2, 0.25) is 0 Å². The molecule has 0 aliphatic heterocycles. The lowest BCUT2D eigenvalue weighted by atomic mass is 10.2. The smallest absolute Gasteiger partial charge is 0.354 e. The molecule has 1 aromatic rings. The fourth-order valence-corrected chi connectivity index (χ4v) is 0.962. The molecule has 0 fully saturated rings. The van der Waals surface area contributed by atoms with Crippen molar-refractivity contribution in [2.75, 3.05) is 5.75 Å². The van der Waals surface area contributed by atoms with Gasteiger partial charge in [0.15, 0.2) is 0 Å². The molecule has 1 aromatic heterocycles. The summed E-state index contributed by atoms with van der Waals surface area (Å²) < 4.78 is 0. The van der Waals surface area contributed by atoms with Gasteiger partial charge in [0.25, 0.3) is 0 Å². The highest BCUT2D eigenvalue weighted by molar-refractivity contribution is 7.80. The van der Waals surface area contributed by atoms with Crippen molar-refractivity contribution in [2.24, 2.45) is 0 Å². The van der Waals surface area contributed by atoms with Crippen LogP contribution in [0.3, 0.4) is 0 Å². The summed E-state index contributed by atoms with van der Waals surface area (Å²) in [5.41, 5.74) is 0.878. The van der Waals surface area contributed by atoms with Crippen molar-refractivity contribution in [3.8, 4) is 0 Å². The minimum absolute atomic E-state index is 0.0568. The molecule has 0 unspecified atom stereocenters. The van der Waals surface area contributed by atoms with Crippen LogP contribution >= 0.6 is 12.6 Å². The zero-order chi connectivity index (χ0) is 9.68. The summed E-state index contributed by atoms with van der Waals surface area (Å²) in [4.78, 5) is 14.2. The summed E-state index contributed by atoms with van der Waals surface area (Å²) >= 11 is 4.00. The first-order valence-corrected chi connectivity index (χ1v) is 4.34. The summed E-state index contributed by atoms with van der Waals surface area (Å²) in [5.74, 6) is -0.383. The van der Waals surface area contributed by atoms with E-state index in [0.29, 0.717) is 5.75 Å². The normalized spacial score (nSPS) is 10.5. The van der Waals surface area contributed by atoms with Crippen molar-refractivity contribution in [1.29, 1.82) is 0 Å². The average molecular weight is 195 g/mol. The van der Waals surface area contributed by atoms with Gasteiger partial charge in [-0.25, -0.2) is 9.78 Å². The highest BCUT2D eigenvalue weighted by atomic mass is 32.1. The van der Waals surface area contributed by atoms with Crippen LogP contribution in [0, 0.1) is 0 Å². The standard InChI is InChI=1S/C9H9NO2S/c11-9(12)8-6-7(2-1-5-13)3-4-10-8/h1-4,6,13H,5H2,(H,11,12). The molecule has 0 radical (unpaired) electrons. The van der Waals surface area contributed by atoms with Crippen molar-refractivity contribution >= 4 is 24.7 Å². The molecule has 0 aliphatic carbocycles. The van der Waals surface area contributed by atoms with Crippen molar-refractivity contribution in [3.05, 3.63) is 35.7 Å². The van der Waals surface area contributed by atoms with Crippen LogP contribution in [0.2, 0.25) is 0 Å². The lowest BCUT2D eigenvalue weighted by Crippen LogP contribution is -1.99. The maximum atomic E-state index is 10.5. The fraction of sp³-hybridized carbons (Fsp3) is 0.111. The zero-order valence-corrected chi connectivity index (χ0v) is 7.74. The second kappa shape index (κ2) is 4.67. The molecule has 0 spiro atoms. The molecule has 1 heterocycles. The van der Waals surface area contributed by atoms with Crippen LogP contribution in [-0.4, -0.2) is 21.8 Å². The second-order valence-electron chi connectivity index (χ2n) is 2.36. The number of carboxylic acids is 1. The molecule has 0 saturated heterocycles. The first kappa shape index (κ1) is 9.80. The zero-order valence-electron chi connectivity index (χ0n) is 6.84. The number of rotatable bonds is 3. The Labute approximate surface area is 81.5 Å². The van der Waals surface area contributed by atoms with Crippen LogP contribution in [0.4, 0.5) is 0 Å². The molecule has 13 heavy (non-hydrogen) atoms. The SMILES string of the molecule is O=C(O)c1cc(C=CCS)ccn1. The Morgan fingerprint density at radius 3 is 3.08 bits per heavy atom. The molecular formula is C9H9NO2S. The van der Waals surface area contributed by atoms with Gasteiger partial charge in [-0.3, -0.25) is 0 Å². The van der Waals surface area contributed by atoms with Crippen LogP contribution in [-0.2, 0) is 0 Å². The van der Waals surface area contributed by atoms with Gasteiger partial charge >= 0.3 is 5.97 Å². The van der Waals surface area contributed by atoms with E-state index < -0.39 is 5.97 Å². The van der Waals surface area contributed by atoms with Gasteiger partial charge in [-0.1, -0.05) is 12.2 Å². The van der Waals surface area contributed by atoms with Gasteiger partial charge in [0, 0.05) is 11.9 Å². The Bertz CT molecular complexity index is 336. The molecule has 1 rings (SSSR count). The van der Waals surface area contributed by atoms with Crippen LogP contribution in [0.5, 0.6) is 0 Å². The Morgan fingerprint density at radius 2 is 2.46 bits per heavy atom. The van der Waals surface area contributed by atoms with E-state index >= 15 is 0 Å². The molecule has 0 bridgehead atoms. The lowest BCUT2D eigenvalue weighted by Gasteiger charge is -1.94. The van der Waals surface area contributed by atoms with E-state index in [2.05, 4.69) is 17.6 Å². The molecule has 1 N–H and O–H groups in total. The maximum Gasteiger partial charge on any atom is 0.354 e. The number of aromatic nitrogens is 1. The molecule has 0 aromatic carbocycles. The molecule has 3 nitrogen and oxygen atoms in total. The van der Waals surface area contributed by atoms with E-state index in [0.717, 1.165) is 5.56 Å². The van der Waals surface area contributed by atoms with Gasteiger partial charge in [0.1, 0.15) is 5.69 Å². The molecule has 0 amide bonds. The van der Waals surface area contributed by atoms with E-state index in [9.17, 15) is 4.79 Å². The highest BCUT2D eigenvalue weighted by Gasteiger charge is 2.02. The highest BCUT2D eigenvalue weighted by Crippen LogP contribution is 2.04. The number of pyridine rings is 1. The quantitative estimate of drug-likeness (QED) is 0.722. The molecule has 68 valence electrons. The van der Waals surface area contributed by atoms with E-state index in [1.807, 2.05) is 6.08 Å². The van der Waals surface area contributed by atoms with Crippen LogP contribution in [0.15, 0.2) is 24.4 Å². The van der Waals surface area contributed by atoms with Gasteiger partial charge in [-0.15, -0.1) is 0 Å². The third-order valence-corrected chi connectivity index (χ3v) is 1.63. The molecular weight excluding hydrogens is 186 g/mol. The van der Waals surface area contributed by atoms with Gasteiger partial charge < -0.3 is 5.11 Å². The number of carbonyl (C=O) groups is 1. The predicted octanol–water partition coefficient (Wildman–Crippen LogP) is 1.72.